The van der Waals surface area contributed by atoms with E-state index in [0.717, 1.165) is 56.6 Å². The molecule has 2 fully saturated rings. The van der Waals surface area contributed by atoms with E-state index in [1.165, 1.54) is 4.90 Å². The van der Waals surface area contributed by atoms with Gasteiger partial charge in [0, 0.05) is 95.8 Å². The summed E-state index contributed by atoms with van der Waals surface area (Å²) in [5.74, 6) is -0.927. The van der Waals surface area contributed by atoms with Crippen molar-refractivity contribution in [3.05, 3.63) is 93.2 Å². The molecule has 56 heavy (non-hydrogen) atoms. The van der Waals surface area contributed by atoms with Crippen LogP contribution in [0.2, 0.25) is 0 Å². The minimum absolute atomic E-state index is 0.00150. The van der Waals surface area contributed by atoms with Crippen molar-refractivity contribution < 1.29 is 28.7 Å². The van der Waals surface area contributed by atoms with E-state index in [-0.39, 0.29) is 49.5 Å². The average molecular weight is 756 g/mol. The fourth-order valence-corrected chi connectivity index (χ4v) is 8.78. The lowest BCUT2D eigenvalue weighted by molar-refractivity contribution is -0.137. The molecule has 0 radical (unpaired) electrons. The first-order valence-corrected chi connectivity index (χ1v) is 19.4. The number of nitrogens with one attached hydrogen (secondary N) is 3. The number of nitriles is 1. The second kappa shape index (κ2) is 14.6. The van der Waals surface area contributed by atoms with E-state index in [0.29, 0.717) is 62.4 Å². The number of carbonyl (C=O) groups excluding carboxylic acids is 5. The van der Waals surface area contributed by atoms with Crippen molar-refractivity contribution in [2.75, 3.05) is 56.2 Å². The van der Waals surface area contributed by atoms with Crippen LogP contribution in [0.1, 0.15) is 94.3 Å². The number of aromatic amines is 1. The molecular formula is C43H45N7O6. The van der Waals surface area contributed by atoms with Gasteiger partial charge in [0.15, 0.2) is 5.78 Å². The summed E-state index contributed by atoms with van der Waals surface area (Å²) in [6, 6.07) is 16.6. The second-order valence-electron chi connectivity index (χ2n) is 15.5. The van der Waals surface area contributed by atoms with E-state index >= 15 is 0 Å². The Morgan fingerprint density at radius 3 is 2.57 bits per heavy atom. The maximum absolute atomic E-state index is 14.0. The zero-order chi connectivity index (χ0) is 39.3. The largest absolute Gasteiger partial charge is 0.382 e. The smallest absolute Gasteiger partial charge is 0.255 e. The first-order valence-electron chi connectivity index (χ1n) is 19.4. The Morgan fingerprint density at radius 1 is 1.02 bits per heavy atom. The highest BCUT2D eigenvalue weighted by molar-refractivity contribution is 6.20. The van der Waals surface area contributed by atoms with Crippen molar-refractivity contribution in [3.8, 4) is 6.07 Å². The van der Waals surface area contributed by atoms with Crippen molar-refractivity contribution in [1.29, 1.82) is 5.26 Å². The summed E-state index contributed by atoms with van der Waals surface area (Å²) in [6.45, 7) is 10.3. The molecule has 13 heteroatoms. The normalized spacial score (nSPS) is 18.8. The van der Waals surface area contributed by atoms with Gasteiger partial charge in [0.2, 0.25) is 17.7 Å². The third-order valence-electron chi connectivity index (χ3n) is 11.9. The van der Waals surface area contributed by atoms with Crippen LogP contribution >= 0.6 is 0 Å². The summed E-state index contributed by atoms with van der Waals surface area (Å²) in [5, 5.41) is 16.0. The van der Waals surface area contributed by atoms with Gasteiger partial charge in [-0.1, -0.05) is 32.9 Å². The van der Waals surface area contributed by atoms with E-state index in [9.17, 15) is 29.2 Å². The number of benzene rings is 3. The van der Waals surface area contributed by atoms with Crippen molar-refractivity contribution in [3.63, 3.8) is 0 Å². The van der Waals surface area contributed by atoms with Gasteiger partial charge in [-0.3, -0.25) is 29.3 Å². The third kappa shape index (κ3) is 6.37. The van der Waals surface area contributed by atoms with Crippen LogP contribution in [0.4, 0.5) is 11.4 Å². The molecule has 1 atom stereocenters. The predicted molar refractivity (Wildman–Crippen MR) is 210 cm³/mol. The Labute approximate surface area is 324 Å². The van der Waals surface area contributed by atoms with Gasteiger partial charge < -0.3 is 29.7 Å². The van der Waals surface area contributed by atoms with Gasteiger partial charge >= 0.3 is 0 Å². The number of nitrogens with zero attached hydrogens (tertiary/aromatic N) is 4. The number of ether oxygens (including phenoxy) is 1. The summed E-state index contributed by atoms with van der Waals surface area (Å²) in [4.78, 5) is 73.6. The van der Waals surface area contributed by atoms with Gasteiger partial charge in [0.1, 0.15) is 6.04 Å². The molecule has 0 saturated carbocycles. The summed E-state index contributed by atoms with van der Waals surface area (Å²) in [6.07, 6.45) is 1.55. The van der Waals surface area contributed by atoms with Crippen molar-refractivity contribution in [1.82, 2.24) is 20.1 Å². The molecule has 288 valence electrons. The highest BCUT2D eigenvalue weighted by Gasteiger charge is 2.42. The minimum Gasteiger partial charge on any atom is -0.382 e. The van der Waals surface area contributed by atoms with E-state index in [2.05, 4.69) is 59.5 Å². The van der Waals surface area contributed by atoms with Crippen molar-refractivity contribution in [2.24, 2.45) is 0 Å². The lowest BCUT2D eigenvalue weighted by Gasteiger charge is -2.39. The monoisotopic (exact) mass is 755 g/mol. The summed E-state index contributed by atoms with van der Waals surface area (Å²) >= 11 is 0. The number of amides is 4. The molecule has 4 aliphatic rings. The molecule has 8 rings (SSSR count). The first kappa shape index (κ1) is 36.9. The molecule has 1 aliphatic carbocycles. The first-order chi connectivity index (χ1) is 27.0. The second-order valence-corrected chi connectivity index (χ2v) is 15.5. The van der Waals surface area contributed by atoms with Crippen LogP contribution in [0.3, 0.4) is 0 Å². The topological polar surface area (TPSA) is 168 Å². The van der Waals surface area contributed by atoms with Crippen LogP contribution in [-0.2, 0) is 37.5 Å². The summed E-state index contributed by atoms with van der Waals surface area (Å²) in [5.41, 5.74) is 8.44. The Kier molecular flexibility index (Phi) is 9.62. The van der Waals surface area contributed by atoms with Crippen LogP contribution in [0, 0.1) is 11.3 Å². The average Bonchev–Trinajstić information content (AvgIpc) is 3.76. The molecule has 1 unspecified atom stereocenters. The van der Waals surface area contributed by atoms with Gasteiger partial charge in [-0.2, -0.15) is 5.26 Å². The summed E-state index contributed by atoms with van der Waals surface area (Å²) < 4.78 is 5.83. The highest BCUT2D eigenvalue weighted by Crippen LogP contribution is 2.46. The Hall–Kier alpha value is -6.00. The number of aromatic nitrogens is 1. The predicted octanol–water partition coefficient (Wildman–Crippen LogP) is 4.40. The van der Waals surface area contributed by atoms with Gasteiger partial charge in [-0.05, 0) is 60.4 Å². The fourth-order valence-electron chi connectivity index (χ4n) is 8.78. The molecule has 3 N–H and O–H groups in total. The number of fused-ring (bicyclic) bond motifs is 5. The molecule has 1 aromatic heterocycles. The van der Waals surface area contributed by atoms with E-state index in [1.54, 1.807) is 24.3 Å². The number of anilines is 2. The van der Waals surface area contributed by atoms with Gasteiger partial charge in [0.25, 0.3) is 5.91 Å². The SMILES string of the molecule is CCc1cc2c(cc1N1CCN(C(=O)CCOCCNc3cccc4c3CN(C3CCC(=O)NC3=O)C4=O)CC1)C(C)(C)c1[nH]c3cc(C#N)ccc3c1C2=O. The number of ketones is 1. The maximum atomic E-state index is 14.0. The number of piperidine rings is 1. The van der Waals surface area contributed by atoms with Crippen molar-refractivity contribution in [2.45, 2.75) is 64.5 Å². The molecule has 13 nitrogen and oxygen atoms in total. The minimum atomic E-state index is -0.668. The molecule has 4 amide bonds. The van der Waals surface area contributed by atoms with Gasteiger partial charge in [-0.25, -0.2) is 0 Å². The lowest BCUT2D eigenvalue weighted by atomic mass is 9.70. The number of aryl methyl sites for hydroxylation is 1. The summed E-state index contributed by atoms with van der Waals surface area (Å²) in [7, 11) is 0. The van der Waals surface area contributed by atoms with E-state index in [4.69, 9.17) is 4.74 Å². The van der Waals surface area contributed by atoms with Crippen LogP contribution < -0.4 is 15.5 Å². The molecule has 4 aromatic rings. The number of H-pyrrole nitrogens is 1. The number of hydrogen-bond acceptors (Lipinski definition) is 9. The van der Waals surface area contributed by atoms with Crippen LogP contribution in [0.15, 0.2) is 48.5 Å². The molecule has 2 saturated heterocycles. The third-order valence-corrected chi connectivity index (χ3v) is 11.9. The molecule has 3 aliphatic heterocycles. The maximum Gasteiger partial charge on any atom is 0.255 e. The van der Waals surface area contributed by atoms with Crippen molar-refractivity contribution >= 4 is 51.7 Å². The quantitative estimate of drug-likeness (QED) is 0.157. The standard InChI is InChI=1S/C43H45N7O6/c1-4-26-21-29-31(43(2,3)40-38(39(29)53)28-9-8-25(23-44)20-33(28)46-40)22-35(26)48-14-16-49(17-15-48)37(52)12-18-56-19-13-45-32-7-5-6-27-30(32)24-50(42(27)55)34-10-11-36(51)47-41(34)54/h5-9,20-22,34,45-46H,4,10-19,24H2,1-3H3,(H,47,51,54). The Morgan fingerprint density at radius 2 is 1.82 bits per heavy atom. The molecule has 0 bridgehead atoms. The number of carbonyl (C=O) groups is 5. The molecular weight excluding hydrogens is 711 g/mol. The Balaban J connectivity index is 0.837. The van der Waals surface area contributed by atoms with Gasteiger partial charge in [-0.15, -0.1) is 0 Å². The van der Waals surface area contributed by atoms with E-state index in [1.807, 2.05) is 17.0 Å². The Bertz CT molecular complexity index is 2350. The van der Waals surface area contributed by atoms with Crippen LogP contribution in [0.5, 0.6) is 0 Å². The number of imide groups is 1. The molecule has 0 spiro atoms. The lowest BCUT2D eigenvalue weighted by Crippen LogP contribution is -2.52. The fraction of sp³-hybridized carbons (Fsp3) is 0.395. The molecule has 3 aromatic carbocycles. The van der Waals surface area contributed by atoms with Crippen LogP contribution in [-0.4, -0.2) is 96.2 Å². The van der Waals surface area contributed by atoms with Gasteiger partial charge in [0.05, 0.1) is 36.8 Å². The zero-order valence-electron chi connectivity index (χ0n) is 31.9. The van der Waals surface area contributed by atoms with Crippen LogP contribution in [0.25, 0.3) is 10.9 Å². The number of piperazine rings is 1. The highest BCUT2D eigenvalue weighted by atomic mass is 16.5. The molecule has 4 heterocycles. The number of rotatable bonds is 10. The zero-order valence-corrected chi connectivity index (χ0v) is 31.9. The van der Waals surface area contributed by atoms with E-state index < -0.39 is 17.4 Å². The number of hydrogen-bond donors (Lipinski definition) is 3.